The summed E-state index contributed by atoms with van der Waals surface area (Å²) in [7, 11) is 0. The highest BCUT2D eigenvalue weighted by Gasteiger charge is 2.41. The van der Waals surface area contributed by atoms with E-state index in [4.69, 9.17) is 9.47 Å². The molecule has 2 heterocycles. The van der Waals surface area contributed by atoms with Crippen molar-refractivity contribution >= 4 is 46.0 Å². The van der Waals surface area contributed by atoms with Crippen molar-refractivity contribution in [2.45, 2.75) is 46.1 Å². The summed E-state index contributed by atoms with van der Waals surface area (Å²) in [5.74, 6) is -2.71. The second kappa shape index (κ2) is 9.99. The van der Waals surface area contributed by atoms with Gasteiger partial charge in [-0.3, -0.25) is 19.3 Å². The van der Waals surface area contributed by atoms with Crippen LogP contribution in [-0.2, 0) is 31.9 Å². The number of benzene rings is 1. The predicted molar refractivity (Wildman–Crippen MR) is 127 cm³/mol. The van der Waals surface area contributed by atoms with E-state index >= 15 is 0 Å². The zero-order chi connectivity index (χ0) is 25.3. The summed E-state index contributed by atoms with van der Waals surface area (Å²) < 4.78 is 10.3. The number of fused-ring (bicyclic) bond motifs is 2. The number of rotatable bonds is 7. The highest BCUT2D eigenvalue weighted by Crippen LogP contribution is 2.40. The number of carbonyl (C=O) groups is 5. The monoisotopic (exact) mass is 498 g/mol. The lowest BCUT2D eigenvalue weighted by Crippen LogP contribution is -2.44. The van der Waals surface area contributed by atoms with E-state index in [0.29, 0.717) is 16.5 Å². The molecule has 0 saturated carbocycles. The summed E-state index contributed by atoms with van der Waals surface area (Å²) in [4.78, 5) is 64.8. The summed E-state index contributed by atoms with van der Waals surface area (Å²) in [5.41, 5.74) is 1.70. The Hall–Kier alpha value is -3.53. The number of ether oxygens (including phenoxy) is 2. The summed E-state index contributed by atoms with van der Waals surface area (Å²) in [6.45, 7) is 4.80. The maximum Gasteiger partial charge on any atom is 0.341 e. The number of hydrogen-bond acceptors (Lipinski definition) is 8. The highest BCUT2D eigenvalue weighted by molar-refractivity contribution is 7.17. The smallest absolute Gasteiger partial charge is 0.341 e. The first kappa shape index (κ1) is 24.6. The Morgan fingerprint density at radius 1 is 1.14 bits per heavy atom. The molecule has 35 heavy (non-hydrogen) atoms. The molecule has 0 saturated heterocycles. The minimum absolute atomic E-state index is 0.209. The van der Waals surface area contributed by atoms with Crippen LogP contribution in [-0.4, -0.2) is 53.8 Å². The second-order valence-electron chi connectivity index (χ2n) is 8.63. The first-order valence-electron chi connectivity index (χ1n) is 11.5. The summed E-state index contributed by atoms with van der Waals surface area (Å²) >= 11 is 1.33. The number of carbonyl (C=O) groups excluding carboxylic acids is 5. The number of anilines is 1. The second-order valence-corrected chi connectivity index (χ2v) is 9.74. The zero-order valence-electron chi connectivity index (χ0n) is 19.7. The van der Waals surface area contributed by atoms with E-state index in [-0.39, 0.29) is 17.7 Å². The Balaban J connectivity index is 1.42. The van der Waals surface area contributed by atoms with Gasteiger partial charge in [0, 0.05) is 4.88 Å². The fourth-order valence-electron chi connectivity index (χ4n) is 4.34. The molecule has 1 aliphatic carbocycles. The van der Waals surface area contributed by atoms with Gasteiger partial charge in [-0.15, -0.1) is 11.3 Å². The standard InChI is InChI=1S/C25H26N2O7S/c1-4-33-25(32)20-17-10-9-13(2)11-18(17)35-21(20)26-19(28)12-34-24(31)14(3)27-22(29)15-7-5-6-8-16(15)23(27)30/h5-8,13-14H,4,9-12H2,1-3H3,(H,26,28)/t13-,14+/m0/s1. The third kappa shape index (κ3) is 4.70. The molecule has 1 aromatic carbocycles. The number of esters is 2. The Morgan fingerprint density at radius 3 is 2.43 bits per heavy atom. The Kier molecular flexibility index (Phi) is 7.02. The van der Waals surface area contributed by atoms with Crippen molar-refractivity contribution in [3.05, 3.63) is 51.4 Å². The average molecular weight is 499 g/mol. The topological polar surface area (TPSA) is 119 Å². The van der Waals surface area contributed by atoms with Crippen molar-refractivity contribution < 1.29 is 33.4 Å². The number of amides is 3. The van der Waals surface area contributed by atoms with Crippen LogP contribution in [0.5, 0.6) is 0 Å². The molecule has 9 nitrogen and oxygen atoms in total. The van der Waals surface area contributed by atoms with Crippen LogP contribution >= 0.6 is 11.3 Å². The molecule has 184 valence electrons. The van der Waals surface area contributed by atoms with E-state index in [1.165, 1.54) is 30.4 Å². The largest absolute Gasteiger partial charge is 0.462 e. The van der Waals surface area contributed by atoms with E-state index in [9.17, 15) is 24.0 Å². The van der Waals surface area contributed by atoms with Crippen LogP contribution in [0.4, 0.5) is 5.00 Å². The highest BCUT2D eigenvalue weighted by atomic mass is 32.1. The van der Waals surface area contributed by atoms with E-state index < -0.39 is 42.3 Å². The van der Waals surface area contributed by atoms with Crippen molar-refractivity contribution in [1.29, 1.82) is 0 Å². The van der Waals surface area contributed by atoms with Crippen molar-refractivity contribution in [2.75, 3.05) is 18.5 Å². The predicted octanol–water partition coefficient (Wildman–Crippen LogP) is 3.22. The van der Waals surface area contributed by atoms with Crippen molar-refractivity contribution in [3.63, 3.8) is 0 Å². The number of hydrogen-bond donors (Lipinski definition) is 1. The minimum atomic E-state index is -1.21. The van der Waals surface area contributed by atoms with Crippen LogP contribution in [0.2, 0.25) is 0 Å². The summed E-state index contributed by atoms with van der Waals surface area (Å²) in [6.07, 6.45) is 2.48. The molecule has 1 aromatic heterocycles. The first-order chi connectivity index (χ1) is 16.7. The quantitative estimate of drug-likeness (QED) is 0.460. The number of thiophene rings is 1. The average Bonchev–Trinajstić information content (AvgIpc) is 3.31. The molecule has 2 aliphatic rings. The van der Waals surface area contributed by atoms with Gasteiger partial charge in [0.15, 0.2) is 6.61 Å². The molecule has 2 aromatic rings. The Labute approximate surface area is 206 Å². The van der Waals surface area contributed by atoms with E-state index in [1.54, 1.807) is 19.1 Å². The maximum atomic E-state index is 12.6. The van der Waals surface area contributed by atoms with Crippen LogP contribution in [0.25, 0.3) is 0 Å². The van der Waals surface area contributed by atoms with Crippen molar-refractivity contribution in [2.24, 2.45) is 5.92 Å². The molecule has 10 heteroatoms. The molecule has 3 amide bonds. The van der Waals surface area contributed by atoms with Gasteiger partial charge >= 0.3 is 11.9 Å². The first-order valence-corrected chi connectivity index (χ1v) is 12.3. The van der Waals surface area contributed by atoms with Gasteiger partial charge in [0.25, 0.3) is 17.7 Å². The van der Waals surface area contributed by atoms with E-state index in [0.717, 1.165) is 34.6 Å². The molecule has 0 spiro atoms. The molecular weight excluding hydrogens is 472 g/mol. The Morgan fingerprint density at radius 2 is 1.80 bits per heavy atom. The number of nitrogens with one attached hydrogen (secondary N) is 1. The normalized spacial score (nSPS) is 17.5. The van der Waals surface area contributed by atoms with Crippen molar-refractivity contribution in [1.82, 2.24) is 4.90 Å². The molecule has 0 fully saturated rings. The maximum absolute atomic E-state index is 12.6. The van der Waals surface area contributed by atoms with Crippen LogP contribution in [0.1, 0.15) is 68.7 Å². The summed E-state index contributed by atoms with van der Waals surface area (Å²) in [6, 6.07) is 5.09. The van der Waals surface area contributed by atoms with Gasteiger partial charge in [-0.05, 0) is 56.7 Å². The number of nitrogens with zero attached hydrogens (tertiary/aromatic N) is 1. The van der Waals surface area contributed by atoms with E-state index in [2.05, 4.69) is 12.2 Å². The fourth-order valence-corrected chi connectivity index (χ4v) is 5.76. The molecule has 0 unspecified atom stereocenters. The van der Waals surface area contributed by atoms with Gasteiger partial charge in [0.1, 0.15) is 11.0 Å². The molecule has 2 atom stereocenters. The van der Waals surface area contributed by atoms with Crippen LogP contribution in [0.3, 0.4) is 0 Å². The van der Waals surface area contributed by atoms with E-state index in [1.807, 2.05) is 0 Å². The number of imide groups is 1. The van der Waals surface area contributed by atoms with Gasteiger partial charge in [-0.2, -0.15) is 0 Å². The molecule has 4 rings (SSSR count). The third-order valence-electron chi connectivity index (χ3n) is 6.14. The molecular formula is C25H26N2O7S. The Bertz CT molecular complexity index is 1180. The third-order valence-corrected chi connectivity index (χ3v) is 7.31. The van der Waals surface area contributed by atoms with Gasteiger partial charge in [-0.1, -0.05) is 19.1 Å². The molecule has 0 bridgehead atoms. The summed E-state index contributed by atoms with van der Waals surface area (Å²) in [5, 5.41) is 3.04. The van der Waals surface area contributed by atoms with Gasteiger partial charge in [0.05, 0.1) is 23.3 Å². The van der Waals surface area contributed by atoms with Gasteiger partial charge < -0.3 is 14.8 Å². The van der Waals surface area contributed by atoms with Gasteiger partial charge in [-0.25, -0.2) is 9.59 Å². The van der Waals surface area contributed by atoms with Crippen molar-refractivity contribution in [3.8, 4) is 0 Å². The minimum Gasteiger partial charge on any atom is -0.462 e. The lowest BCUT2D eigenvalue weighted by molar-refractivity contribution is -0.150. The van der Waals surface area contributed by atoms with Gasteiger partial charge in [0.2, 0.25) is 0 Å². The van der Waals surface area contributed by atoms with Crippen LogP contribution in [0, 0.1) is 5.92 Å². The zero-order valence-corrected chi connectivity index (χ0v) is 20.5. The lowest BCUT2D eigenvalue weighted by Gasteiger charge is -2.20. The molecule has 1 N–H and O–H groups in total. The SMILES string of the molecule is CCOC(=O)c1c(NC(=O)COC(=O)[C@@H](C)N2C(=O)c3ccccc3C2=O)sc2c1CC[C@H](C)C2. The molecule has 1 aliphatic heterocycles. The fraction of sp³-hybridized carbons (Fsp3) is 0.400. The molecule has 0 radical (unpaired) electrons. The van der Waals surface area contributed by atoms with Crippen LogP contribution < -0.4 is 5.32 Å². The van der Waals surface area contributed by atoms with Crippen LogP contribution in [0.15, 0.2) is 24.3 Å². The lowest BCUT2D eigenvalue weighted by atomic mass is 9.88.